The lowest BCUT2D eigenvalue weighted by Crippen LogP contribution is -2.44. The third kappa shape index (κ3) is 5.77. The number of thioether (sulfide) groups is 1. The predicted molar refractivity (Wildman–Crippen MR) is 98.1 cm³/mol. The summed E-state index contributed by atoms with van der Waals surface area (Å²) in [6, 6.07) is 14.5. The van der Waals surface area contributed by atoms with E-state index in [2.05, 4.69) is 41.0 Å². The predicted octanol–water partition coefficient (Wildman–Crippen LogP) is 2.80. The summed E-state index contributed by atoms with van der Waals surface area (Å²) in [7, 11) is 0. The molecule has 0 bridgehead atoms. The summed E-state index contributed by atoms with van der Waals surface area (Å²) in [6.07, 6.45) is 3.37. The Morgan fingerprint density at radius 2 is 2.00 bits per heavy atom. The van der Waals surface area contributed by atoms with E-state index >= 15 is 0 Å². The second-order valence-corrected chi connectivity index (χ2v) is 6.41. The summed E-state index contributed by atoms with van der Waals surface area (Å²) >= 11 is 1.66. The molecule has 0 radical (unpaired) electrons. The van der Waals surface area contributed by atoms with Gasteiger partial charge in [-0.25, -0.2) is 4.79 Å². The first kappa shape index (κ1) is 17.6. The average Bonchev–Trinajstić information content (AvgIpc) is 2.55. The Balaban J connectivity index is 1.79. The van der Waals surface area contributed by atoms with Crippen LogP contribution in [-0.2, 0) is 6.42 Å². The van der Waals surface area contributed by atoms with Crippen molar-refractivity contribution in [3.8, 4) is 0 Å². The number of aliphatic hydroxyl groups excluding tert-OH is 1. The van der Waals surface area contributed by atoms with Crippen LogP contribution in [0.15, 0.2) is 42.5 Å². The van der Waals surface area contributed by atoms with Crippen LogP contribution in [0, 0.1) is 0 Å². The van der Waals surface area contributed by atoms with Gasteiger partial charge in [-0.2, -0.15) is 11.8 Å². The van der Waals surface area contributed by atoms with Crippen molar-refractivity contribution in [1.29, 1.82) is 0 Å². The number of urea groups is 1. The van der Waals surface area contributed by atoms with Crippen LogP contribution in [0.1, 0.15) is 12.0 Å². The Kier molecular flexibility index (Phi) is 7.23. The van der Waals surface area contributed by atoms with Crippen molar-refractivity contribution in [2.45, 2.75) is 18.9 Å². The van der Waals surface area contributed by atoms with Gasteiger partial charge < -0.3 is 15.7 Å². The highest BCUT2D eigenvalue weighted by Gasteiger charge is 2.10. The number of carbonyl (C=O) groups excluding carboxylic acids is 1. The summed E-state index contributed by atoms with van der Waals surface area (Å²) < 4.78 is 0. The molecule has 0 heterocycles. The van der Waals surface area contributed by atoms with Gasteiger partial charge in [0.2, 0.25) is 0 Å². The van der Waals surface area contributed by atoms with Gasteiger partial charge in [0, 0.05) is 24.9 Å². The highest BCUT2D eigenvalue weighted by Crippen LogP contribution is 2.15. The fourth-order valence-electron chi connectivity index (χ4n) is 2.51. The molecule has 2 aromatic carbocycles. The lowest BCUT2D eigenvalue weighted by atomic mass is 10.1. The average molecular weight is 332 g/mol. The van der Waals surface area contributed by atoms with Gasteiger partial charge in [0.05, 0.1) is 0 Å². The molecule has 2 rings (SSSR count). The largest absolute Gasteiger partial charge is 0.396 e. The molecule has 23 heavy (non-hydrogen) atoms. The monoisotopic (exact) mass is 332 g/mol. The van der Waals surface area contributed by atoms with Crippen LogP contribution in [0.3, 0.4) is 0 Å². The number of hydrogen-bond donors (Lipinski definition) is 3. The van der Waals surface area contributed by atoms with Gasteiger partial charge in [0.25, 0.3) is 0 Å². The quantitative estimate of drug-likeness (QED) is 0.696. The van der Waals surface area contributed by atoms with E-state index in [-0.39, 0.29) is 18.7 Å². The molecule has 5 heteroatoms. The van der Waals surface area contributed by atoms with Crippen molar-refractivity contribution >= 4 is 28.6 Å². The zero-order chi connectivity index (χ0) is 16.5. The van der Waals surface area contributed by atoms with Crippen molar-refractivity contribution in [2.75, 3.05) is 25.2 Å². The molecular weight excluding hydrogens is 308 g/mol. The maximum atomic E-state index is 11.9. The first-order valence-electron chi connectivity index (χ1n) is 7.84. The number of fused-ring (bicyclic) bond motifs is 1. The van der Waals surface area contributed by atoms with E-state index in [4.69, 9.17) is 5.11 Å². The SMILES string of the molecule is CSCC(CCO)NC(=O)NCCc1ccc2ccccc2c1. The fraction of sp³-hybridized carbons (Fsp3) is 0.389. The standard InChI is InChI=1S/C18H24N2O2S/c1-23-13-17(9-11-21)20-18(22)19-10-8-14-6-7-15-4-2-3-5-16(15)12-14/h2-7,12,17,21H,8-11,13H2,1H3,(H2,19,20,22). The molecule has 0 saturated heterocycles. The second-order valence-electron chi connectivity index (χ2n) is 5.50. The molecule has 2 amide bonds. The lowest BCUT2D eigenvalue weighted by Gasteiger charge is -2.17. The second kappa shape index (κ2) is 9.43. The molecule has 0 saturated carbocycles. The number of hydrogen-bond acceptors (Lipinski definition) is 3. The number of carbonyl (C=O) groups is 1. The topological polar surface area (TPSA) is 61.4 Å². The van der Waals surface area contributed by atoms with Crippen molar-refractivity contribution < 1.29 is 9.90 Å². The highest BCUT2D eigenvalue weighted by molar-refractivity contribution is 7.98. The van der Waals surface area contributed by atoms with Crippen molar-refractivity contribution in [3.05, 3.63) is 48.0 Å². The van der Waals surface area contributed by atoms with Crippen molar-refractivity contribution in [2.24, 2.45) is 0 Å². The number of aliphatic hydroxyl groups is 1. The zero-order valence-corrected chi connectivity index (χ0v) is 14.2. The molecule has 2 aromatic rings. The van der Waals surface area contributed by atoms with Crippen LogP contribution in [0.5, 0.6) is 0 Å². The summed E-state index contributed by atoms with van der Waals surface area (Å²) in [4.78, 5) is 11.9. The van der Waals surface area contributed by atoms with Gasteiger partial charge in [-0.15, -0.1) is 0 Å². The Bertz CT molecular complexity index is 627. The normalized spacial score (nSPS) is 12.1. The molecule has 4 nitrogen and oxygen atoms in total. The van der Waals surface area contributed by atoms with Gasteiger partial charge in [-0.3, -0.25) is 0 Å². The van der Waals surface area contributed by atoms with Crippen LogP contribution in [0.2, 0.25) is 0 Å². The molecule has 3 N–H and O–H groups in total. The lowest BCUT2D eigenvalue weighted by molar-refractivity contribution is 0.231. The minimum atomic E-state index is -0.168. The number of amides is 2. The number of benzene rings is 2. The van der Waals surface area contributed by atoms with Crippen LogP contribution >= 0.6 is 11.8 Å². The zero-order valence-electron chi connectivity index (χ0n) is 13.4. The highest BCUT2D eigenvalue weighted by atomic mass is 32.2. The van der Waals surface area contributed by atoms with Crippen LogP contribution in [-0.4, -0.2) is 42.3 Å². The number of nitrogens with one attached hydrogen (secondary N) is 2. The van der Waals surface area contributed by atoms with Crippen LogP contribution in [0.25, 0.3) is 10.8 Å². The van der Waals surface area contributed by atoms with Gasteiger partial charge in [0.1, 0.15) is 0 Å². The molecule has 1 atom stereocenters. The van der Waals surface area contributed by atoms with Gasteiger partial charge >= 0.3 is 6.03 Å². The van der Waals surface area contributed by atoms with E-state index < -0.39 is 0 Å². The first-order chi connectivity index (χ1) is 11.2. The molecule has 0 aliphatic carbocycles. The summed E-state index contributed by atoms with van der Waals surface area (Å²) in [5, 5.41) is 17.2. The molecule has 0 aromatic heterocycles. The third-order valence-electron chi connectivity index (χ3n) is 3.69. The Hall–Kier alpha value is -1.72. The van der Waals surface area contributed by atoms with E-state index in [1.165, 1.54) is 16.3 Å². The molecule has 0 aliphatic rings. The van der Waals surface area contributed by atoms with E-state index in [9.17, 15) is 4.79 Å². The van der Waals surface area contributed by atoms with E-state index in [0.717, 1.165) is 12.2 Å². The summed E-state index contributed by atoms with van der Waals surface area (Å²) in [5.41, 5.74) is 1.21. The molecule has 1 unspecified atom stereocenters. The smallest absolute Gasteiger partial charge is 0.315 e. The molecule has 0 aliphatic heterocycles. The maximum absolute atomic E-state index is 11.9. The third-order valence-corrected chi connectivity index (χ3v) is 4.43. The van der Waals surface area contributed by atoms with Crippen LogP contribution in [0.4, 0.5) is 4.79 Å². The first-order valence-corrected chi connectivity index (χ1v) is 9.24. The minimum Gasteiger partial charge on any atom is -0.396 e. The van der Waals surface area contributed by atoms with E-state index in [1.807, 2.05) is 18.4 Å². The van der Waals surface area contributed by atoms with E-state index in [0.29, 0.717) is 13.0 Å². The van der Waals surface area contributed by atoms with E-state index in [1.54, 1.807) is 11.8 Å². The van der Waals surface area contributed by atoms with Crippen LogP contribution < -0.4 is 10.6 Å². The van der Waals surface area contributed by atoms with Gasteiger partial charge in [0.15, 0.2) is 0 Å². The van der Waals surface area contributed by atoms with Crippen molar-refractivity contribution in [1.82, 2.24) is 10.6 Å². The Labute approximate surface area is 141 Å². The summed E-state index contributed by atoms with van der Waals surface area (Å²) in [6.45, 7) is 0.678. The molecule has 0 fully saturated rings. The molecule has 124 valence electrons. The molecular formula is C18H24N2O2S. The maximum Gasteiger partial charge on any atom is 0.315 e. The number of rotatable bonds is 8. The van der Waals surface area contributed by atoms with Crippen molar-refractivity contribution in [3.63, 3.8) is 0 Å². The fourth-order valence-corrected chi connectivity index (χ4v) is 3.16. The van der Waals surface area contributed by atoms with Gasteiger partial charge in [-0.1, -0.05) is 42.5 Å². The Morgan fingerprint density at radius 3 is 2.74 bits per heavy atom. The Morgan fingerprint density at radius 1 is 1.22 bits per heavy atom. The van der Waals surface area contributed by atoms with Gasteiger partial charge in [-0.05, 0) is 35.4 Å². The summed E-state index contributed by atoms with van der Waals surface area (Å²) in [5.74, 6) is 0.804. The molecule has 0 spiro atoms. The minimum absolute atomic E-state index is 0.00988.